The maximum atomic E-state index is 5.67. The van der Waals surface area contributed by atoms with E-state index in [2.05, 4.69) is 21.9 Å². The van der Waals surface area contributed by atoms with E-state index in [0.717, 1.165) is 30.6 Å². The van der Waals surface area contributed by atoms with Gasteiger partial charge < -0.3 is 5.73 Å². The first-order valence-electron chi connectivity index (χ1n) is 6.12. The molecule has 0 aliphatic carbocycles. The summed E-state index contributed by atoms with van der Waals surface area (Å²) in [5.74, 6) is 1.36. The summed E-state index contributed by atoms with van der Waals surface area (Å²) in [4.78, 5) is 12.8. The van der Waals surface area contributed by atoms with Crippen molar-refractivity contribution in [3.63, 3.8) is 0 Å². The fraction of sp³-hybridized carbons (Fsp3) is 0.462. The van der Waals surface area contributed by atoms with Crippen LogP contribution in [0, 0.1) is 0 Å². The third-order valence-electron chi connectivity index (χ3n) is 2.32. The molecule has 4 nitrogen and oxygen atoms in total. The predicted octanol–water partition coefficient (Wildman–Crippen LogP) is 2.18. The molecular weight excluding hydrogens is 212 g/mol. The van der Waals surface area contributed by atoms with Crippen molar-refractivity contribution in [2.24, 2.45) is 15.7 Å². The van der Waals surface area contributed by atoms with E-state index in [9.17, 15) is 0 Å². The predicted molar refractivity (Wildman–Crippen MR) is 72.6 cm³/mol. The van der Waals surface area contributed by atoms with Crippen molar-refractivity contribution in [3.05, 3.63) is 29.6 Å². The second kappa shape index (κ2) is 6.78. The first-order chi connectivity index (χ1) is 8.29. The molecule has 1 aromatic heterocycles. The Morgan fingerprint density at radius 2 is 2.06 bits per heavy atom. The molecule has 2 rings (SSSR count). The molecule has 0 amide bonds. The van der Waals surface area contributed by atoms with E-state index in [0.29, 0.717) is 11.7 Å². The van der Waals surface area contributed by atoms with Gasteiger partial charge >= 0.3 is 0 Å². The van der Waals surface area contributed by atoms with E-state index < -0.39 is 0 Å². The zero-order valence-corrected chi connectivity index (χ0v) is 10.8. The summed E-state index contributed by atoms with van der Waals surface area (Å²) in [6, 6.07) is 3.99. The Bertz CT molecular complexity index is 404. The van der Waals surface area contributed by atoms with Crippen LogP contribution in [-0.2, 0) is 6.42 Å². The monoisotopic (exact) mass is 232 g/mol. The van der Waals surface area contributed by atoms with Gasteiger partial charge in [-0.25, -0.2) is 4.99 Å². The summed E-state index contributed by atoms with van der Waals surface area (Å²) in [5.41, 5.74) is 7.68. The number of rotatable bonds is 2. The Morgan fingerprint density at radius 1 is 1.29 bits per heavy atom. The normalized spacial score (nSPS) is 14.3. The third kappa shape index (κ3) is 3.66. The molecule has 4 heteroatoms. The standard InChI is InChI=1S/C11H14N4.C2H6/c1-2-9-4-3-8(7-14-9)11-13-6-5-10(12)15-11;1-2/h3-4,7H,2,5-6H2,1H3,(H2,12,13,15);1-2H3. The molecule has 92 valence electrons. The summed E-state index contributed by atoms with van der Waals surface area (Å²) in [6.45, 7) is 6.80. The number of nitrogens with two attached hydrogens (primary N) is 1. The quantitative estimate of drug-likeness (QED) is 0.849. The zero-order valence-electron chi connectivity index (χ0n) is 10.8. The highest BCUT2D eigenvalue weighted by atomic mass is 15.0. The molecule has 1 aliphatic heterocycles. The van der Waals surface area contributed by atoms with Gasteiger partial charge in [-0.15, -0.1) is 0 Å². The summed E-state index contributed by atoms with van der Waals surface area (Å²) in [5, 5.41) is 0. The molecule has 0 saturated heterocycles. The second-order valence-electron chi connectivity index (χ2n) is 3.45. The maximum Gasteiger partial charge on any atom is 0.158 e. The van der Waals surface area contributed by atoms with Crippen LogP contribution in [-0.4, -0.2) is 23.2 Å². The minimum Gasteiger partial charge on any atom is -0.387 e. The smallest absolute Gasteiger partial charge is 0.158 e. The van der Waals surface area contributed by atoms with Crippen LogP contribution in [0.2, 0.25) is 0 Å². The molecule has 17 heavy (non-hydrogen) atoms. The van der Waals surface area contributed by atoms with Gasteiger partial charge in [-0.05, 0) is 18.6 Å². The van der Waals surface area contributed by atoms with Gasteiger partial charge in [0.05, 0.1) is 0 Å². The van der Waals surface area contributed by atoms with E-state index in [4.69, 9.17) is 5.73 Å². The average Bonchev–Trinajstić information content (AvgIpc) is 2.41. The number of pyridine rings is 1. The van der Waals surface area contributed by atoms with Crippen molar-refractivity contribution in [2.75, 3.05) is 6.54 Å². The molecule has 0 saturated carbocycles. The lowest BCUT2D eigenvalue weighted by atomic mass is 10.2. The number of amidine groups is 2. The SMILES string of the molecule is CC.CCc1ccc(C2=NCCC(N)=N2)cn1. The number of hydrogen-bond donors (Lipinski definition) is 1. The average molecular weight is 232 g/mol. The van der Waals surface area contributed by atoms with Gasteiger partial charge in [0.1, 0.15) is 5.84 Å². The maximum absolute atomic E-state index is 5.67. The molecule has 1 aliphatic rings. The largest absolute Gasteiger partial charge is 0.387 e. The van der Waals surface area contributed by atoms with E-state index >= 15 is 0 Å². The second-order valence-corrected chi connectivity index (χ2v) is 3.45. The lowest BCUT2D eigenvalue weighted by Gasteiger charge is -2.08. The Morgan fingerprint density at radius 3 is 2.59 bits per heavy atom. The Hall–Kier alpha value is -1.71. The van der Waals surface area contributed by atoms with Crippen molar-refractivity contribution in [2.45, 2.75) is 33.6 Å². The topological polar surface area (TPSA) is 63.6 Å². The highest BCUT2D eigenvalue weighted by molar-refractivity contribution is 6.07. The van der Waals surface area contributed by atoms with E-state index in [1.807, 2.05) is 26.0 Å². The van der Waals surface area contributed by atoms with Crippen LogP contribution in [0.4, 0.5) is 0 Å². The van der Waals surface area contributed by atoms with Crippen LogP contribution in [0.25, 0.3) is 0 Å². The first-order valence-corrected chi connectivity index (χ1v) is 6.12. The van der Waals surface area contributed by atoms with Gasteiger partial charge in [0, 0.05) is 30.4 Å². The zero-order chi connectivity index (χ0) is 12.7. The van der Waals surface area contributed by atoms with E-state index in [-0.39, 0.29) is 0 Å². The molecule has 0 spiro atoms. The van der Waals surface area contributed by atoms with Crippen LogP contribution in [0.15, 0.2) is 28.3 Å². The summed E-state index contributed by atoms with van der Waals surface area (Å²) in [7, 11) is 0. The van der Waals surface area contributed by atoms with Crippen molar-refractivity contribution >= 4 is 11.7 Å². The summed E-state index contributed by atoms with van der Waals surface area (Å²) < 4.78 is 0. The number of aliphatic imine (C=N–C) groups is 2. The number of hydrogen-bond acceptors (Lipinski definition) is 4. The molecule has 0 radical (unpaired) electrons. The lowest BCUT2D eigenvalue weighted by molar-refractivity contribution is 0.997. The van der Waals surface area contributed by atoms with E-state index in [1.165, 1.54) is 0 Å². The summed E-state index contributed by atoms with van der Waals surface area (Å²) in [6.07, 6.45) is 3.50. The molecule has 0 atom stereocenters. The Labute approximate surface area is 103 Å². The van der Waals surface area contributed by atoms with Gasteiger partial charge in [-0.3, -0.25) is 9.98 Å². The molecule has 0 unspecified atom stereocenters. The number of aromatic nitrogens is 1. The Kier molecular flexibility index (Phi) is 5.33. The number of nitrogens with zero attached hydrogens (tertiary/aromatic N) is 3. The molecule has 1 aromatic rings. The molecule has 0 aromatic carbocycles. The summed E-state index contributed by atoms with van der Waals surface area (Å²) >= 11 is 0. The highest BCUT2D eigenvalue weighted by Gasteiger charge is 2.08. The Balaban J connectivity index is 0.000000686. The van der Waals surface area contributed by atoms with Crippen LogP contribution >= 0.6 is 0 Å². The highest BCUT2D eigenvalue weighted by Crippen LogP contribution is 2.07. The fourth-order valence-electron chi connectivity index (χ4n) is 1.43. The van der Waals surface area contributed by atoms with Crippen molar-refractivity contribution in [1.82, 2.24) is 4.98 Å². The minimum absolute atomic E-state index is 0.652. The fourth-order valence-corrected chi connectivity index (χ4v) is 1.43. The molecule has 2 N–H and O–H groups in total. The van der Waals surface area contributed by atoms with Crippen molar-refractivity contribution in [3.8, 4) is 0 Å². The third-order valence-corrected chi connectivity index (χ3v) is 2.32. The van der Waals surface area contributed by atoms with Gasteiger partial charge in [-0.2, -0.15) is 0 Å². The molecular formula is C13H20N4. The first kappa shape index (κ1) is 13.4. The van der Waals surface area contributed by atoms with Crippen molar-refractivity contribution < 1.29 is 0 Å². The molecule has 0 fully saturated rings. The van der Waals surface area contributed by atoms with Crippen LogP contribution in [0.1, 0.15) is 38.4 Å². The van der Waals surface area contributed by atoms with Crippen LogP contribution < -0.4 is 5.73 Å². The van der Waals surface area contributed by atoms with Gasteiger partial charge in [0.25, 0.3) is 0 Å². The molecule has 0 bridgehead atoms. The van der Waals surface area contributed by atoms with Gasteiger partial charge in [0.15, 0.2) is 5.84 Å². The minimum atomic E-state index is 0.652. The molecule has 2 heterocycles. The van der Waals surface area contributed by atoms with Gasteiger partial charge in [0.2, 0.25) is 0 Å². The van der Waals surface area contributed by atoms with Crippen molar-refractivity contribution in [1.29, 1.82) is 0 Å². The van der Waals surface area contributed by atoms with Crippen LogP contribution in [0.3, 0.4) is 0 Å². The lowest BCUT2D eigenvalue weighted by Crippen LogP contribution is -2.20. The number of aryl methyl sites for hydroxylation is 1. The van der Waals surface area contributed by atoms with Crippen LogP contribution in [0.5, 0.6) is 0 Å². The van der Waals surface area contributed by atoms with Gasteiger partial charge in [-0.1, -0.05) is 20.8 Å². The van der Waals surface area contributed by atoms with E-state index in [1.54, 1.807) is 6.20 Å².